The number of thiophene rings is 1. The topological polar surface area (TPSA) is 84.2 Å². The molecule has 1 aromatic heterocycles. The van der Waals surface area contributed by atoms with Gasteiger partial charge in [-0.25, -0.2) is 0 Å². The second-order valence-electron chi connectivity index (χ2n) is 7.07. The molecule has 0 bridgehead atoms. The van der Waals surface area contributed by atoms with Gasteiger partial charge in [-0.05, 0) is 47.9 Å². The van der Waals surface area contributed by atoms with Gasteiger partial charge in [0.05, 0.1) is 4.88 Å². The molecule has 1 atom stereocenters. The fourth-order valence-electron chi connectivity index (χ4n) is 3.61. The van der Waals surface area contributed by atoms with Crippen LogP contribution in [0.15, 0.2) is 41.8 Å². The van der Waals surface area contributed by atoms with Crippen LogP contribution in [0.25, 0.3) is 0 Å². The molecule has 0 radical (unpaired) electrons. The molecule has 0 saturated heterocycles. The molecule has 28 heavy (non-hydrogen) atoms. The van der Waals surface area contributed by atoms with Crippen molar-refractivity contribution in [3.8, 4) is 0 Å². The van der Waals surface area contributed by atoms with E-state index >= 15 is 0 Å². The van der Waals surface area contributed by atoms with Crippen LogP contribution in [0.4, 0.5) is 0 Å². The van der Waals surface area contributed by atoms with Crippen molar-refractivity contribution in [2.75, 3.05) is 6.54 Å². The van der Waals surface area contributed by atoms with Gasteiger partial charge in [0.15, 0.2) is 0 Å². The fraction of sp³-hybridized carbons (Fsp3) is 0.429. The summed E-state index contributed by atoms with van der Waals surface area (Å²) in [5, 5.41) is 7.88. The van der Waals surface area contributed by atoms with Crippen LogP contribution < -0.4 is 16.4 Å². The summed E-state index contributed by atoms with van der Waals surface area (Å²) in [5.41, 5.74) is 7.49. The normalized spacial score (nSPS) is 15.3. The van der Waals surface area contributed by atoms with E-state index < -0.39 is 0 Å². The van der Waals surface area contributed by atoms with Crippen LogP contribution in [0.3, 0.4) is 0 Å². The summed E-state index contributed by atoms with van der Waals surface area (Å²) in [6.07, 6.45) is 6.02. The first-order valence-corrected chi connectivity index (χ1v) is 10.5. The van der Waals surface area contributed by atoms with E-state index in [1.807, 2.05) is 23.6 Å². The van der Waals surface area contributed by atoms with E-state index in [1.165, 1.54) is 30.6 Å². The molecule has 2 aromatic rings. The molecule has 152 valence electrons. The van der Waals surface area contributed by atoms with E-state index in [2.05, 4.69) is 10.6 Å². The van der Waals surface area contributed by atoms with Gasteiger partial charge in [-0.3, -0.25) is 9.59 Å². The molecule has 4 N–H and O–H groups in total. The molecule has 0 aliphatic heterocycles. The van der Waals surface area contributed by atoms with Gasteiger partial charge in [0, 0.05) is 24.7 Å². The largest absolute Gasteiger partial charge is 0.348 e. The Kier molecular flexibility index (Phi) is 8.96. The number of nitrogens with one attached hydrogen (secondary N) is 2. The number of halogens is 1. The second kappa shape index (κ2) is 11.2. The van der Waals surface area contributed by atoms with Crippen LogP contribution >= 0.6 is 23.7 Å². The molecular weight excluding hydrogens is 394 g/mol. The number of hydrogen-bond acceptors (Lipinski definition) is 4. The molecule has 3 rings (SSSR count). The number of hydrogen-bond donors (Lipinski definition) is 3. The van der Waals surface area contributed by atoms with Gasteiger partial charge >= 0.3 is 0 Å². The Bertz CT molecular complexity index is 744. The lowest BCUT2D eigenvalue weighted by Crippen LogP contribution is -2.45. The first-order chi connectivity index (χ1) is 13.2. The van der Waals surface area contributed by atoms with Crippen molar-refractivity contribution < 1.29 is 9.59 Å². The SMILES string of the molecule is Cl.NCC(NC(=O)c1ccc(CNC(=O)c2cccs2)cc1)C1CCCCC1. The maximum atomic E-state index is 12.6. The Morgan fingerprint density at radius 2 is 1.79 bits per heavy atom. The highest BCUT2D eigenvalue weighted by Crippen LogP contribution is 2.26. The summed E-state index contributed by atoms with van der Waals surface area (Å²) >= 11 is 1.42. The van der Waals surface area contributed by atoms with Gasteiger partial charge in [0.25, 0.3) is 11.8 Å². The molecule has 1 saturated carbocycles. The monoisotopic (exact) mass is 421 g/mol. The summed E-state index contributed by atoms with van der Waals surface area (Å²) in [4.78, 5) is 25.2. The van der Waals surface area contributed by atoms with Gasteiger partial charge < -0.3 is 16.4 Å². The second-order valence-corrected chi connectivity index (χ2v) is 8.02. The third-order valence-electron chi connectivity index (χ3n) is 5.20. The minimum Gasteiger partial charge on any atom is -0.348 e. The Morgan fingerprint density at radius 3 is 2.39 bits per heavy atom. The minimum absolute atomic E-state index is 0. The van der Waals surface area contributed by atoms with Crippen LogP contribution in [0.5, 0.6) is 0 Å². The number of rotatable bonds is 7. The predicted octanol–water partition coefficient (Wildman–Crippen LogP) is 3.74. The van der Waals surface area contributed by atoms with Crippen molar-refractivity contribution in [2.24, 2.45) is 11.7 Å². The Labute approximate surface area is 176 Å². The minimum atomic E-state index is -0.0786. The number of benzene rings is 1. The molecule has 1 fully saturated rings. The summed E-state index contributed by atoms with van der Waals surface area (Å²) in [6, 6.07) is 11.1. The molecule has 5 nitrogen and oxygen atoms in total. The van der Waals surface area contributed by atoms with Gasteiger partial charge in [0.1, 0.15) is 0 Å². The average molecular weight is 422 g/mol. The third kappa shape index (κ3) is 6.06. The Hall–Kier alpha value is -1.89. The van der Waals surface area contributed by atoms with Crippen LogP contribution in [0.2, 0.25) is 0 Å². The third-order valence-corrected chi connectivity index (χ3v) is 6.07. The molecule has 1 aromatic carbocycles. The zero-order valence-corrected chi connectivity index (χ0v) is 17.5. The first-order valence-electron chi connectivity index (χ1n) is 9.59. The van der Waals surface area contributed by atoms with Crippen molar-refractivity contribution in [3.05, 3.63) is 57.8 Å². The van der Waals surface area contributed by atoms with Crippen LogP contribution in [0, 0.1) is 5.92 Å². The maximum Gasteiger partial charge on any atom is 0.261 e. The zero-order valence-electron chi connectivity index (χ0n) is 15.9. The number of amides is 2. The summed E-state index contributed by atoms with van der Waals surface area (Å²) in [5.74, 6) is 0.328. The van der Waals surface area contributed by atoms with E-state index in [1.54, 1.807) is 18.2 Å². The standard InChI is InChI=1S/C21H27N3O2S.ClH/c22-13-18(16-5-2-1-3-6-16)24-20(25)17-10-8-15(9-11-17)14-23-21(26)19-7-4-12-27-19;/h4,7-12,16,18H,1-3,5-6,13-14,22H2,(H,23,26)(H,24,25);1H. The van der Waals surface area contributed by atoms with Crippen molar-refractivity contribution in [1.29, 1.82) is 0 Å². The highest BCUT2D eigenvalue weighted by atomic mass is 35.5. The molecule has 0 spiro atoms. The van der Waals surface area contributed by atoms with E-state index in [-0.39, 0.29) is 30.3 Å². The van der Waals surface area contributed by atoms with Gasteiger partial charge in [-0.1, -0.05) is 37.5 Å². The van der Waals surface area contributed by atoms with E-state index in [0.29, 0.717) is 29.4 Å². The number of carbonyl (C=O) groups excluding carboxylic acids is 2. The number of carbonyl (C=O) groups is 2. The Morgan fingerprint density at radius 1 is 1.07 bits per heavy atom. The zero-order chi connectivity index (χ0) is 19.1. The fourth-order valence-corrected chi connectivity index (χ4v) is 4.25. The van der Waals surface area contributed by atoms with Crippen molar-refractivity contribution in [3.63, 3.8) is 0 Å². The lowest BCUT2D eigenvalue weighted by molar-refractivity contribution is 0.0913. The molecule has 1 unspecified atom stereocenters. The average Bonchev–Trinajstić information content (AvgIpc) is 3.26. The smallest absolute Gasteiger partial charge is 0.261 e. The Balaban J connectivity index is 0.00000280. The molecule has 1 aliphatic carbocycles. The van der Waals surface area contributed by atoms with E-state index in [0.717, 1.165) is 18.4 Å². The van der Waals surface area contributed by atoms with Crippen molar-refractivity contribution in [1.82, 2.24) is 10.6 Å². The van der Waals surface area contributed by atoms with Gasteiger partial charge in [0.2, 0.25) is 0 Å². The molecule has 7 heteroatoms. The highest BCUT2D eigenvalue weighted by molar-refractivity contribution is 7.12. The quantitative estimate of drug-likeness (QED) is 0.636. The maximum absolute atomic E-state index is 12.6. The number of nitrogens with two attached hydrogens (primary N) is 1. The first kappa shape index (κ1) is 22.4. The van der Waals surface area contributed by atoms with Crippen LogP contribution in [-0.2, 0) is 6.54 Å². The van der Waals surface area contributed by atoms with Crippen molar-refractivity contribution in [2.45, 2.75) is 44.7 Å². The summed E-state index contributed by atoms with van der Waals surface area (Å²) in [7, 11) is 0. The highest BCUT2D eigenvalue weighted by Gasteiger charge is 2.24. The molecular formula is C21H28ClN3O2S. The lowest BCUT2D eigenvalue weighted by atomic mass is 9.84. The lowest BCUT2D eigenvalue weighted by Gasteiger charge is -2.30. The van der Waals surface area contributed by atoms with E-state index in [4.69, 9.17) is 5.73 Å². The molecule has 2 amide bonds. The summed E-state index contributed by atoms with van der Waals surface area (Å²) in [6.45, 7) is 0.912. The van der Waals surface area contributed by atoms with Gasteiger partial charge in [-0.15, -0.1) is 23.7 Å². The molecule has 1 heterocycles. The predicted molar refractivity (Wildman–Crippen MR) is 116 cm³/mol. The van der Waals surface area contributed by atoms with E-state index in [9.17, 15) is 9.59 Å². The van der Waals surface area contributed by atoms with Crippen LogP contribution in [0.1, 0.15) is 57.7 Å². The van der Waals surface area contributed by atoms with Gasteiger partial charge in [-0.2, -0.15) is 0 Å². The van der Waals surface area contributed by atoms with Crippen LogP contribution in [-0.4, -0.2) is 24.4 Å². The molecule has 1 aliphatic rings. The van der Waals surface area contributed by atoms with Crippen molar-refractivity contribution >= 4 is 35.6 Å². The summed E-state index contributed by atoms with van der Waals surface area (Å²) < 4.78 is 0.